The monoisotopic (exact) mass is 372 g/mol. The highest BCUT2D eigenvalue weighted by molar-refractivity contribution is 9.10. The van der Waals surface area contributed by atoms with E-state index in [-0.39, 0.29) is 5.56 Å². The third-order valence-corrected chi connectivity index (χ3v) is 3.73. The Morgan fingerprint density at radius 1 is 1.17 bits per heavy atom. The summed E-state index contributed by atoms with van der Waals surface area (Å²) < 4.78 is 15.1. The summed E-state index contributed by atoms with van der Waals surface area (Å²) >= 11 is 6.49. The molecular formula is C14H11Br2FO. The van der Waals surface area contributed by atoms with E-state index in [0.29, 0.717) is 10.0 Å². The van der Waals surface area contributed by atoms with E-state index < -0.39 is 11.9 Å². The van der Waals surface area contributed by atoms with Gasteiger partial charge in [0.15, 0.2) is 0 Å². The molecule has 2 aromatic rings. The Kier molecular flexibility index (Phi) is 4.20. The van der Waals surface area contributed by atoms with Crippen LogP contribution in [0.3, 0.4) is 0 Å². The minimum Gasteiger partial charge on any atom is -0.384 e. The number of halogens is 3. The zero-order valence-electron chi connectivity index (χ0n) is 9.62. The molecule has 94 valence electrons. The summed E-state index contributed by atoms with van der Waals surface area (Å²) in [6, 6.07) is 10.5. The van der Waals surface area contributed by atoms with Crippen LogP contribution in [0.25, 0.3) is 0 Å². The minimum atomic E-state index is -0.973. The Balaban J connectivity index is 2.47. The standard InChI is InChI=1S/C14H11Br2FO/c1-8-5-9(7-10(15)6-8)14(18)11-3-2-4-12(16)13(11)17/h2-7,14,18H,1H3. The summed E-state index contributed by atoms with van der Waals surface area (Å²) in [4.78, 5) is 0. The smallest absolute Gasteiger partial charge is 0.143 e. The van der Waals surface area contributed by atoms with Crippen molar-refractivity contribution < 1.29 is 9.50 Å². The van der Waals surface area contributed by atoms with Crippen LogP contribution in [0.15, 0.2) is 45.3 Å². The lowest BCUT2D eigenvalue weighted by Crippen LogP contribution is -2.03. The second-order valence-corrected chi connectivity index (χ2v) is 5.88. The van der Waals surface area contributed by atoms with Crippen LogP contribution in [0.4, 0.5) is 4.39 Å². The number of aryl methyl sites for hydroxylation is 1. The molecule has 0 saturated carbocycles. The molecule has 0 spiro atoms. The van der Waals surface area contributed by atoms with Gasteiger partial charge in [0.25, 0.3) is 0 Å². The predicted molar refractivity (Wildman–Crippen MR) is 77.0 cm³/mol. The van der Waals surface area contributed by atoms with E-state index in [4.69, 9.17) is 0 Å². The van der Waals surface area contributed by atoms with Gasteiger partial charge in [0, 0.05) is 10.0 Å². The maximum atomic E-state index is 13.9. The summed E-state index contributed by atoms with van der Waals surface area (Å²) in [5, 5.41) is 10.3. The highest BCUT2D eigenvalue weighted by Crippen LogP contribution is 2.30. The van der Waals surface area contributed by atoms with Crippen LogP contribution in [-0.2, 0) is 0 Å². The maximum Gasteiger partial charge on any atom is 0.143 e. The Bertz CT molecular complexity index is 564. The first-order valence-electron chi connectivity index (χ1n) is 5.38. The molecule has 0 fully saturated rings. The molecule has 0 aromatic heterocycles. The quantitative estimate of drug-likeness (QED) is 0.805. The molecule has 0 aliphatic rings. The van der Waals surface area contributed by atoms with Crippen molar-refractivity contribution in [2.24, 2.45) is 0 Å². The summed E-state index contributed by atoms with van der Waals surface area (Å²) in [7, 11) is 0. The fraction of sp³-hybridized carbons (Fsp3) is 0.143. The van der Waals surface area contributed by atoms with E-state index in [1.807, 2.05) is 19.1 Å². The van der Waals surface area contributed by atoms with Crippen molar-refractivity contribution in [3.63, 3.8) is 0 Å². The predicted octanol–water partition coefficient (Wildman–Crippen LogP) is 4.74. The summed E-state index contributed by atoms with van der Waals surface area (Å²) in [5.74, 6) is -0.428. The van der Waals surface area contributed by atoms with Gasteiger partial charge in [0.05, 0.1) is 4.47 Å². The van der Waals surface area contributed by atoms with Gasteiger partial charge in [-0.1, -0.05) is 34.1 Å². The lowest BCUT2D eigenvalue weighted by Gasteiger charge is -2.14. The van der Waals surface area contributed by atoms with E-state index in [2.05, 4.69) is 31.9 Å². The number of rotatable bonds is 2. The first kappa shape index (κ1) is 13.7. The van der Waals surface area contributed by atoms with E-state index in [1.54, 1.807) is 24.3 Å². The van der Waals surface area contributed by atoms with Crippen molar-refractivity contribution >= 4 is 31.9 Å². The van der Waals surface area contributed by atoms with Gasteiger partial charge in [0.2, 0.25) is 0 Å². The molecule has 0 saturated heterocycles. The lowest BCUT2D eigenvalue weighted by molar-refractivity contribution is 0.214. The Morgan fingerprint density at radius 2 is 1.89 bits per heavy atom. The molecule has 0 amide bonds. The Hall–Kier alpha value is -0.710. The second kappa shape index (κ2) is 5.51. The molecule has 1 N–H and O–H groups in total. The largest absolute Gasteiger partial charge is 0.384 e. The van der Waals surface area contributed by atoms with Crippen LogP contribution >= 0.6 is 31.9 Å². The third-order valence-electron chi connectivity index (χ3n) is 2.66. The van der Waals surface area contributed by atoms with Crippen molar-refractivity contribution in [2.75, 3.05) is 0 Å². The molecule has 0 aliphatic heterocycles. The Labute approximate surface area is 122 Å². The van der Waals surface area contributed by atoms with Crippen molar-refractivity contribution in [3.8, 4) is 0 Å². The average Bonchev–Trinajstić information content (AvgIpc) is 2.30. The number of hydrogen-bond donors (Lipinski definition) is 1. The SMILES string of the molecule is Cc1cc(Br)cc(C(O)c2cccc(Br)c2F)c1. The molecule has 1 atom stereocenters. The van der Waals surface area contributed by atoms with Crippen molar-refractivity contribution in [1.82, 2.24) is 0 Å². The van der Waals surface area contributed by atoms with Crippen LogP contribution in [0, 0.1) is 12.7 Å². The van der Waals surface area contributed by atoms with E-state index >= 15 is 0 Å². The van der Waals surface area contributed by atoms with E-state index in [0.717, 1.165) is 10.0 Å². The topological polar surface area (TPSA) is 20.2 Å². The average molecular weight is 374 g/mol. The van der Waals surface area contributed by atoms with Crippen molar-refractivity contribution in [1.29, 1.82) is 0 Å². The van der Waals surface area contributed by atoms with Gasteiger partial charge < -0.3 is 5.11 Å². The fourth-order valence-corrected chi connectivity index (χ4v) is 2.84. The van der Waals surface area contributed by atoms with E-state index in [1.165, 1.54) is 0 Å². The van der Waals surface area contributed by atoms with Gasteiger partial charge in [-0.2, -0.15) is 0 Å². The molecule has 2 aromatic carbocycles. The lowest BCUT2D eigenvalue weighted by atomic mass is 10.00. The van der Waals surface area contributed by atoms with Gasteiger partial charge in [-0.3, -0.25) is 0 Å². The van der Waals surface area contributed by atoms with Gasteiger partial charge in [-0.25, -0.2) is 4.39 Å². The first-order chi connectivity index (χ1) is 8.49. The molecule has 18 heavy (non-hydrogen) atoms. The second-order valence-electron chi connectivity index (χ2n) is 4.11. The van der Waals surface area contributed by atoms with Gasteiger partial charge >= 0.3 is 0 Å². The minimum absolute atomic E-state index is 0.266. The molecule has 0 heterocycles. The molecular weight excluding hydrogens is 363 g/mol. The van der Waals surface area contributed by atoms with Crippen molar-refractivity contribution in [3.05, 3.63) is 67.9 Å². The number of aliphatic hydroxyl groups excluding tert-OH is 1. The van der Waals surface area contributed by atoms with Gasteiger partial charge in [-0.15, -0.1) is 0 Å². The van der Waals surface area contributed by atoms with Crippen molar-refractivity contribution in [2.45, 2.75) is 13.0 Å². The summed E-state index contributed by atoms with van der Waals surface area (Å²) in [6.07, 6.45) is -0.973. The summed E-state index contributed by atoms with van der Waals surface area (Å²) in [5.41, 5.74) is 1.94. The third kappa shape index (κ3) is 2.82. The first-order valence-corrected chi connectivity index (χ1v) is 6.96. The molecule has 1 nitrogen and oxygen atoms in total. The van der Waals surface area contributed by atoms with Crippen LogP contribution in [0.2, 0.25) is 0 Å². The number of aliphatic hydroxyl groups is 1. The van der Waals surface area contributed by atoms with Crippen LogP contribution in [-0.4, -0.2) is 5.11 Å². The normalized spacial score (nSPS) is 12.5. The number of benzene rings is 2. The molecule has 1 unspecified atom stereocenters. The maximum absolute atomic E-state index is 13.9. The van der Waals surface area contributed by atoms with Crippen LogP contribution in [0.1, 0.15) is 22.8 Å². The highest BCUT2D eigenvalue weighted by Gasteiger charge is 2.17. The fourth-order valence-electron chi connectivity index (χ4n) is 1.83. The van der Waals surface area contributed by atoms with Gasteiger partial charge in [-0.05, 0) is 52.2 Å². The zero-order valence-corrected chi connectivity index (χ0v) is 12.8. The van der Waals surface area contributed by atoms with E-state index in [9.17, 15) is 9.50 Å². The molecule has 0 radical (unpaired) electrons. The number of hydrogen-bond acceptors (Lipinski definition) is 1. The highest BCUT2D eigenvalue weighted by atomic mass is 79.9. The molecule has 4 heteroatoms. The summed E-state index contributed by atoms with van der Waals surface area (Å²) in [6.45, 7) is 1.93. The molecule has 0 bridgehead atoms. The zero-order chi connectivity index (χ0) is 13.3. The van der Waals surface area contributed by atoms with Gasteiger partial charge in [0.1, 0.15) is 11.9 Å². The molecule has 0 aliphatic carbocycles. The molecule has 2 rings (SSSR count). The van der Waals surface area contributed by atoms with Crippen LogP contribution in [0.5, 0.6) is 0 Å². The van der Waals surface area contributed by atoms with Crippen LogP contribution < -0.4 is 0 Å². The Morgan fingerprint density at radius 3 is 2.56 bits per heavy atom.